The Morgan fingerprint density at radius 2 is 1.98 bits per heavy atom. The van der Waals surface area contributed by atoms with E-state index in [1.54, 1.807) is 25.3 Å². The fourth-order valence-electron chi connectivity index (χ4n) is 4.74. The normalized spacial score (nSPS) is 15.3. The molecule has 1 fully saturated rings. The highest BCUT2D eigenvalue weighted by Crippen LogP contribution is 2.31. The van der Waals surface area contributed by atoms with Crippen LogP contribution < -0.4 is 14.8 Å². The van der Waals surface area contributed by atoms with E-state index in [9.17, 15) is 14.0 Å². The van der Waals surface area contributed by atoms with Crippen molar-refractivity contribution in [3.8, 4) is 22.9 Å². The van der Waals surface area contributed by atoms with Gasteiger partial charge < -0.3 is 24.4 Å². The average molecular weight is 595 g/mol. The van der Waals surface area contributed by atoms with E-state index in [2.05, 4.69) is 20.7 Å². The Bertz CT molecular complexity index is 1490. The summed E-state index contributed by atoms with van der Waals surface area (Å²) in [7, 11) is 3.07. The lowest BCUT2D eigenvalue weighted by Gasteiger charge is -2.31. The van der Waals surface area contributed by atoms with E-state index in [0.717, 1.165) is 17.7 Å². The molecule has 0 radical (unpaired) electrons. The minimum Gasteiger partial charge on any atom is -0.493 e. The number of methoxy groups -OCH3 is 2. The van der Waals surface area contributed by atoms with Crippen LogP contribution in [0.25, 0.3) is 11.4 Å². The predicted octanol–water partition coefficient (Wildman–Crippen LogP) is 3.62. The van der Waals surface area contributed by atoms with Crippen LogP contribution in [-0.2, 0) is 27.4 Å². The maximum Gasteiger partial charge on any atom is 0.247 e. The van der Waals surface area contributed by atoms with Crippen LogP contribution in [0, 0.1) is 5.82 Å². The van der Waals surface area contributed by atoms with Gasteiger partial charge >= 0.3 is 0 Å². The average Bonchev–Trinajstić information content (AvgIpc) is 3.80. The van der Waals surface area contributed by atoms with Crippen molar-refractivity contribution in [3.05, 3.63) is 76.2 Å². The largest absolute Gasteiger partial charge is 0.493 e. The second-order valence-corrected chi connectivity index (χ2v) is 10.7. The van der Waals surface area contributed by atoms with Crippen LogP contribution in [-0.4, -0.2) is 70.4 Å². The van der Waals surface area contributed by atoms with Crippen LogP contribution >= 0.6 is 11.3 Å². The number of carbonyl (C=O) groups is 2. The third-order valence-electron chi connectivity index (χ3n) is 6.87. The van der Waals surface area contributed by atoms with Gasteiger partial charge in [-0.1, -0.05) is 18.2 Å². The smallest absolute Gasteiger partial charge is 0.247 e. The minimum atomic E-state index is -1.03. The summed E-state index contributed by atoms with van der Waals surface area (Å²) in [5.74, 6) is 0.0973. The van der Waals surface area contributed by atoms with Gasteiger partial charge in [-0.25, -0.2) is 4.39 Å². The lowest BCUT2D eigenvalue weighted by molar-refractivity contribution is -0.142. The van der Waals surface area contributed by atoms with Gasteiger partial charge in [-0.3, -0.25) is 9.59 Å². The summed E-state index contributed by atoms with van der Waals surface area (Å²) in [6.45, 7) is 0.851. The van der Waals surface area contributed by atoms with Crippen molar-refractivity contribution < 1.29 is 28.2 Å². The van der Waals surface area contributed by atoms with Gasteiger partial charge in [0.2, 0.25) is 17.6 Å². The fraction of sp³-hybridized carbons (Fsp3) is 0.345. The Morgan fingerprint density at radius 1 is 1.17 bits per heavy atom. The first-order chi connectivity index (χ1) is 20.4. The molecule has 5 rings (SSSR count). The highest BCUT2D eigenvalue weighted by molar-refractivity contribution is 7.09. The molecule has 11 nitrogen and oxygen atoms in total. The lowest BCUT2D eigenvalue weighted by Crippen LogP contribution is -2.46. The fourth-order valence-corrected chi connectivity index (χ4v) is 5.44. The van der Waals surface area contributed by atoms with E-state index in [4.69, 9.17) is 14.2 Å². The number of amides is 2. The minimum absolute atomic E-state index is 0.0846. The SMILES string of the molecule is COc1ccc(-c2nnn(CC(=O)N(Cc3cccs3)[C@@H](C(=O)NC[C@@H]3CCCO3)c3ccc(F)cc3)n2)cc1OC. The molecule has 3 heterocycles. The molecule has 42 heavy (non-hydrogen) atoms. The monoisotopic (exact) mass is 594 g/mol. The van der Waals surface area contributed by atoms with Gasteiger partial charge in [0.05, 0.1) is 26.9 Å². The molecule has 0 unspecified atom stereocenters. The molecule has 13 heteroatoms. The topological polar surface area (TPSA) is 121 Å². The number of hydrogen-bond acceptors (Lipinski definition) is 9. The zero-order valence-corrected chi connectivity index (χ0v) is 24.1. The van der Waals surface area contributed by atoms with Crippen LogP contribution in [0.5, 0.6) is 11.5 Å². The van der Waals surface area contributed by atoms with Crippen molar-refractivity contribution in [2.24, 2.45) is 0 Å². The number of nitrogens with zero attached hydrogens (tertiary/aromatic N) is 5. The number of thiophene rings is 1. The number of rotatable bonds is 12. The van der Waals surface area contributed by atoms with E-state index >= 15 is 0 Å². The van der Waals surface area contributed by atoms with Gasteiger partial charge in [-0.05, 0) is 65.4 Å². The summed E-state index contributed by atoms with van der Waals surface area (Å²) in [4.78, 5) is 31.1. The number of tetrazole rings is 1. The van der Waals surface area contributed by atoms with Crippen molar-refractivity contribution in [1.29, 1.82) is 0 Å². The van der Waals surface area contributed by atoms with E-state index < -0.39 is 17.8 Å². The Labute approximate surface area is 246 Å². The second-order valence-electron chi connectivity index (χ2n) is 9.65. The first-order valence-electron chi connectivity index (χ1n) is 13.4. The van der Waals surface area contributed by atoms with E-state index in [0.29, 0.717) is 35.8 Å². The maximum absolute atomic E-state index is 13.9. The van der Waals surface area contributed by atoms with Gasteiger partial charge in [0.1, 0.15) is 18.4 Å². The van der Waals surface area contributed by atoms with E-state index in [1.807, 2.05) is 17.5 Å². The molecule has 220 valence electrons. The third-order valence-corrected chi connectivity index (χ3v) is 7.73. The van der Waals surface area contributed by atoms with E-state index in [-0.39, 0.29) is 30.9 Å². The Hall–Kier alpha value is -4.36. The molecule has 2 atom stereocenters. The highest BCUT2D eigenvalue weighted by atomic mass is 32.1. The van der Waals surface area contributed by atoms with Crippen LogP contribution in [0.15, 0.2) is 60.0 Å². The van der Waals surface area contributed by atoms with Crippen LogP contribution in [0.2, 0.25) is 0 Å². The van der Waals surface area contributed by atoms with Crippen molar-refractivity contribution in [3.63, 3.8) is 0 Å². The number of aromatic nitrogens is 4. The zero-order valence-electron chi connectivity index (χ0n) is 23.2. The summed E-state index contributed by atoms with van der Waals surface area (Å²) in [5, 5.41) is 17.4. The molecule has 4 aromatic rings. The first-order valence-corrected chi connectivity index (χ1v) is 14.3. The lowest BCUT2D eigenvalue weighted by atomic mass is 10.0. The number of halogens is 1. The maximum atomic E-state index is 13.9. The first kappa shape index (κ1) is 29.1. The molecule has 1 N–H and O–H groups in total. The summed E-state index contributed by atoms with van der Waals surface area (Å²) in [6.07, 6.45) is 1.69. The number of benzene rings is 2. The molecule has 0 bridgehead atoms. The molecule has 1 aliphatic heterocycles. The summed E-state index contributed by atoms with van der Waals surface area (Å²) < 4.78 is 30.2. The van der Waals surface area contributed by atoms with Crippen molar-refractivity contribution in [2.75, 3.05) is 27.4 Å². The predicted molar refractivity (Wildman–Crippen MR) is 152 cm³/mol. The molecule has 0 saturated carbocycles. The Balaban J connectivity index is 1.41. The van der Waals surface area contributed by atoms with Crippen molar-refractivity contribution in [1.82, 2.24) is 30.4 Å². The van der Waals surface area contributed by atoms with Crippen LogP contribution in [0.1, 0.15) is 29.3 Å². The number of hydrogen-bond donors (Lipinski definition) is 1. The van der Waals surface area contributed by atoms with Gasteiger partial charge in [-0.2, -0.15) is 4.80 Å². The molecular weight excluding hydrogens is 563 g/mol. The molecular formula is C29H31FN6O5S. The van der Waals surface area contributed by atoms with Gasteiger partial charge in [0, 0.05) is 23.6 Å². The summed E-state index contributed by atoms with van der Waals surface area (Å²) in [5.41, 5.74) is 1.10. The summed E-state index contributed by atoms with van der Waals surface area (Å²) in [6, 6.07) is 13.5. The molecule has 1 saturated heterocycles. The molecule has 2 amide bonds. The Morgan fingerprint density at radius 3 is 2.67 bits per heavy atom. The van der Waals surface area contributed by atoms with Crippen LogP contribution in [0.3, 0.4) is 0 Å². The number of ether oxygens (including phenoxy) is 3. The van der Waals surface area contributed by atoms with Crippen molar-refractivity contribution >= 4 is 23.2 Å². The van der Waals surface area contributed by atoms with Crippen molar-refractivity contribution in [2.45, 2.75) is 38.1 Å². The number of nitrogens with one attached hydrogen (secondary N) is 1. The number of carbonyl (C=O) groups excluding carboxylic acids is 2. The van der Waals surface area contributed by atoms with Crippen LogP contribution in [0.4, 0.5) is 4.39 Å². The molecule has 2 aromatic carbocycles. The van der Waals surface area contributed by atoms with Gasteiger partial charge in [0.25, 0.3) is 0 Å². The molecule has 1 aliphatic rings. The third kappa shape index (κ3) is 6.92. The molecule has 0 aliphatic carbocycles. The Kier molecular flexibility index (Phi) is 9.39. The second kappa shape index (κ2) is 13.5. The summed E-state index contributed by atoms with van der Waals surface area (Å²) >= 11 is 1.47. The van der Waals surface area contributed by atoms with E-state index in [1.165, 1.54) is 52.4 Å². The van der Waals surface area contributed by atoms with Gasteiger partial charge in [0.15, 0.2) is 11.5 Å². The molecule has 0 spiro atoms. The standard InChI is InChI=1S/C29H31FN6O5S/c1-39-24-12-9-20(15-25(24)40-2)28-32-34-36(33-28)18-26(37)35(17-23-6-4-14-42-23)27(19-7-10-21(30)11-8-19)29(38)31-16-22-5-3-13-41-22/h4,6-12,14-15,22,27H,3,5,13,16-18H2,1-2H3,(H,31,38)/t22-,27+/m0/s1. The molecule has 2 aromatic heterocycles. The highest BCUT2D eigenvalue weighted by Gasteiger charge is 2.33. The quantitative estimate of drug-likeness (QED) is 0.264. The zero-order chi connectivity index (χ0) is 29.5. The van der Waals surface area contributed by atoms with Gasteiger partial charge in [-0.15, -0.1) is 21.5 Å².